The Hall–Kier alpha value is -0.600. The van der Waals surface area contributed by atoms with Crippen molar-refractivity contribution in [1.29, 1.82) is 0 Å². The third-order valence-electron chi connectivity index (χ3n) is 10.3. The highest BCUT2D eigenvalue weighted by Gasteiger charge is 2.68. The van der Waals surface area contributed by atoms with E-state index in [9.17, 15) is 0 Å². The van der Waals surface area contributed by atoms with Crippen LogP contribution in [-0.2, 0) is 9.47 Å². The molecule has 6 rings (SSSR count). The molecule has 0 radical (unpaired) electrons. The Morgan fingerprint density at radius 3 is 2.41 bits per heavy atom. The third kappa shape index (κ3) is 2.10. The number of hydrogen-bond acceptors (Lipinski definition) is 2. The minimum absolute atomic E-state index is 0. The first-order valence-corrected chi connectivity index (χ1v) is 11.3. The van der Waals surface area contributed by atoms with Crippen LogP contribution in [-0.4, -0.2) is 25.9 Å². The summed E-state index contributed by atoms with van der Waals surface area (Å²) in [7, 11) is 0. The lowest BCUT2D eigenvalue weighted by Crippen LogP contribution is -2.38. The first kappa shape index (κ1) is 18.4. The van der Waals surface area contributed by atoms with Crippen molar-refractivity contribution in [3.8, 4) is 0 Å². The van der Waals surface area contributed by atoms with Crippen LogP contribution >= 0.6 is 0 Å². The molecule has 10 atom stereocenters. The van der Waals surface area contributed by atoms with E-state index < -0.39 is 0 Å². The molecule has 2 aliphatic heterocycles. The summed E-state index contributed by atoms with van der Waals surface area (Å²) in [5, 5.41) is 0. The summed E-state index contributed by atoms with van der Waals surface area (Å²) in [4.78, 5) is 0. The van der Waals surface area contributed by atoms with E-state index in [2.05, 4.69) is 60.6 Å². The highest BCUT2D eigenvalue weighted by atomic mass is 16.5. The van der Waals surface area contributed by atoms with Gasteiger partial charge in [-0.05, 0) is 73.0 Å². The molecule has 0 aromatic rings. The van der Waals surface area contributed by atoms with Gasteiger partial charge in [0.05, 0.1) is 25.9 Å². The van der Waals surface area contributed by atoms with E-state index in [0.717, 1.165) is 67.2 Å². The fourth-order valence-electron chi connectivity index (χ4n) is 8.71. The monoisotopic (exact) mass is 384 g/mol. The second-order valence-electron chi connectivity index (χ2n) is 11.3. The maximum atomic E-state index is 5.87. The van der Waals surface area contributed by atoms with Crippen LogP contribution < -0.4 is 0 Å². The van der Waals surface area contributed by atoms with Crippen molar-refractivity contribution in [2.75, 3.05) is 19.8 Å². The van der Waals surface area contributed by atoms with Crippen LogP contribution in [0.4, 0.5) is 0 Å². The fraction of sp³-hybridized carbons (Fsp3) is 0.840. The molecule has 4 bridgehead atoms. The summed E-state index contributed by atoms with van der Waals surface area (Å²) >= 11 is 0. The van der Waals surface area contributed by atoms with Crippen molar-refractivity contribution in [2.45, 2.75) is 54.6 Å². The van der Waals surface area contributed by atoms with Crippen molar-refractivity contribution in [3.63, 3.8) is 0 Å². The second-order valence-corrected chi connectivity index (χ2v) is 11.3. The third-order valence-corrected chi connectivity index (χ3v) is 10.3. The molecule has 0 spiro atoms. The minimum Gasteiger partial charge on any atom is -0.381 e. The van der Waals surface area contributed by atoms with Crippen LogP contribution in [0.2, 0.25) is 0 Å². The van der Waals surface area contributed by atoms with Gasteiger partial charge >= 0.3 is 0 Å². The minimum atomic E-state index is 0. The van der Waals surface area contributed by atoms with Gasteiger partial charge in [0.2, 0.25) is 0 Å². The molecule has 0 aromatic heterocycles. The average molecular weight is 385 g/mol. The zero-order chi connectivity index (χ0) is 19.3. The molecule has 2 saturated heterocycles. The van der Waals surface area contributed by atoms with Gasteiger partial charge in [-0.2, -0.15) is 0 Å². The summed E-state index contributed by atoms with van der Waals surface area (Å²) in [5.41, 5.74) is 4.05. The van der Waals surface area contributed by atoms with Crippen LogP contribution in [0.25, 0.3) is 0 Å². The lowest BCUT2D eigenvalue weighted by atomic mass is 9.62. The Kier molecular flexibility index (Phi) is 3.91. The second kappa shape index (κ2) is 5.72. The number of fused-ring (bicyclic) bond motifs is 10. The molecule has 2 heterocycles. The van der Waals surface area contributed by atoms with E-state index in [1.54, 1.807) is 11.1 Å². The highest BCUT2D eigenvalue weighted by molar-refractivity contribution is 5.35. The molecular weight excluding hydrogens is 332 g/mol. The van der Waals surface area contributed by atoms with E-state index in [1.807, 2.05) is 0 Å². The molecule has 10 unspecified atom stereocenters. The van der Waals surface area contributed by atoms with E-state index >= 15 is 0 Å². The number of allylic oxidation sites excluding steroid dienone is 4. The molecule has 0 aromatic carbocycles. The quantitative estimate of drug-likeness (QED) is 0.416. The van der Waals surface area contributed by atoms with Gasteiger partial charge < -0.3 is 9.47 Å². The SMILES string of the molecule is CC1=CC2C(C)C1C1COCC21.CC1=CC2C3COC(C)C3C1(C)C2(C)C.[HH].[HH].[HH].[HH].[HH].[HH].[HH]. The van der Waals surface area contributed by atoms with Crippen molar-refractivity contribution >= 4 is 0 Å². The van der Waals surface area contributed by atoms with Crippen molar-refractivity contribution in [1.82, 2.24) is 0 Å². The van der Waals surface area contributed by atoms with E-state index in [1.165, 1.54) is 0 Å². The first-order valence-electron chi connectivity index (χ1n) is 11.3. The summed E-state index contributed by atoms with van der Waals surface area (Å²) in [6.07, 6.45) is 5.49. The van der Waals surface area contributed by atoms with Crippen LogP contribution in [0.1, 0.15) is 58.5 Å². The lowest BCUT2D eigenvalue weighted by Gasteiger charge is -2.42. The van der Waals surface area contributed by atoms with Gasteiger partial charge in [-0.25, -0.2) is 0 Å². The summed E-state index contributed by atoms with van der Waals surface area (Å²) in [5.74, 6) is 6.64. The van der Waals surface area contributed by atoms with Gasteiger partial charge in [0.1, 0.15) is 0 Å². The Balaban J connectivity index is -0.000000475. The number of ether oxygens (including phenoxy) is 2. The predicted octanol–water partition coefficient (Wildman–Crippen LogP) is 7.07. The Morgan fingerprint density at radius 1 is 0.963 bits per heavy atom. The highest BCUT2D eigenvalue weighted by Crippen LogP contribution is 2.72. The molecule has 2 heteroatoms. The van der Waals surface area contributed by atoms with Crippen molar-refractivity contribution in [2.24, 2.45) is 58.2 Å². The summed E-state index contributed by atoms with van der Waals surface area (Å²) in [6, 6.07) is 0. The molecule has 27 heavy (non-hydrogen) atoms. The first-order chi connectivity index (χ1) is 12.7. The van der Waals surface area contributed by atoms with Gasteiger partial charge in [-0.15, -0.1) is 0 Å². The van der Waals surface area contributed by atoms with Gasteiger partial charge in [0, 0.05) is 15.9 Å². The smallest absolute Gasteiger partial charge is 0.0587 e. The molecule has 4 fully saturated rings. The molecule has 2 nitrogen and oxygen atoms in total. The Bertz CT molecular complexity index is 728. The van der Waals surface area contributed by atoms with Gasteiger partial charge in [0.15, 0.2) is 0 Å². The number of hydrogen-bond donors (Lipinski definition) is 0. The largest absolute Gasteiger partial charge is 0.381 e. The van der Waals surface area contributed by atoms with Crippen LogP contribution in [0, 0.1) is 58.2 Å². The summed E-state index contributed by atoms with van der Waals surface area (Å²) < 4.78 is 11.4. The summed E-state index contributed by atoms with van der Waals surface area (Å²) in [6.45, 7) is 19.7. The molecule has 2 saturated carbocycles. The maximum absolute atomic E-state index is 5.87. The normalized spacial score (nSPS) is 55.7. The van der Waals surface area contributed by atoms with Crippen molar-refractivity contribution < 1.29 is 19.5 Å². The lowest BCUT2D eigenvalue weighted by molar-refractivity contribution is 0.0295. The molecule has 0 amide bonds. The van der Waals surface area contributed by atoms with Gasteiger partial charge in [0.25, 0.3) is 0 Å². The number of rotatable bonds is 0. The van der Waals surface area contributed by atoms with Crippen LogP contribution in [0.15, 0.2) is 23.3 Å². The van der Waals surface area contributed by atoms with Crippen LogP contribution in [0.3, 0.4) is 0 Å². The molecule has 6 aliphatic rings. The molecule has 164 valence electrons. The van der Waals surface area contributed by atoms with Gasteiger partial charge in [-0.1, -0.05) is 51.0 Å². The van der Waals surface area contributed by atoms with E-state index in [4.69, 9.17) is 9.47 Å². The Labute approximate surface area is 176 Å². The predicted molar refractivity (Wildman–Crippen MR) is 124 cm³/mol. The van der Waals surface area contributed by atoms with E-state index in [0.29, 0.717) is 16.9 Å². The zero-order valence-electron chi connectivity index (χ0n) is 18.3. The molecular formula is C25H52O2. The van der Waals surface area contributed by atoms with Gasteiger partial charge in [-0.3, -0.25) is 0 Å². The molecule has 4 aliphatic carbocycles. The standard InChI is InChI=1S/C14H22O.C11H16O.7H2/c1-8-6-11-10-7-15-9(2)12(10)14(8,5)13(11,3)4;1-6-3-8-7(2)11(6)10-5-12-4-9(8)10;;;;;;;/h6,9-12H,7H2,1-5H3;3,7-11H,4-5H2,1-2H3;7*1H. The fourth-order valence-corrected chi connectivity index (χ4v) is 8.71. The maximum Gasteiger partial charge on any atom is 0.0587 e. The molecule has 0 N–H and O–H groups in total. The average Bonchev–Trinajstić information content (AvgIpc) is 3.38. The van der Waals surface area contributed by atoms with Crippen LogP contribution in [0.5, 0.6) is 0 Å². The van der Waals surface area contributed by atoms with E-state index in [-0.39, 0.29) is 9.99 Å². The zero-order valence-corrected chi connectivity index (χ0v) is 18.3. The Morgan fingerprint density at radius 2 is 1.67 bits per heavy atom. The topological polar surface area (TPSA) is 18.5 Å². The van der Waals surface area contributed by atoms with Crippen molar-refractivity contribution in [3.05, 3.63) is 23.3 Å².